The van der Waals surface area contributed by atoms with Crippen LogP contribution in [0.25, 0.3) is 11.3 Å². The summed E-state index contributed by atoms with van der Waals surface area (Å²) in [6.07, 6.45) is 2.05. The lowest BCUT2D eigenvalue weighted by atomic mass is 9.96. The van der Waals surface area contributed by atoms with Crippen molar-refractivity contribution in [1.29, 1.82) is 0 Å². The number of likely N-dealkylation sites (tertiary alicyclic amines) is 1. The average Bonchev–Trinajstić information content (AvgIpc) is 3.10. The summed E-state index contributed by atoms with van der Waals surface area (Å²) in [6.45, 7) is 5.68. The van der Waals surface area contributed by atoms with Gasteiger partial charge in [-0.1, -0.05) is 35.8 Å². The Hall–Kier alpha value is -1.85. The summed E-state index contributed by atoms with van der Waals surface area (Å²) < 4.78 is 5.33. The van der Waals surface area contributed by atoms with E-state index in [9.17, 15) is 4.79 Å². The second-order valence-electron chi connectivity index (χ2n) is 6.13. The molecule has 1 saturated heterocycles. The third-order valence-electron chi connectivity index (χ3n) is 4.42. The van der Waals surface area contributed by atoms with Crippen molar-refractivity contribution in [2.75, 3.05) is 26.2 Å². The fourth-order valence-corrected chi connectivity index (χ4v) is 3.19. The number of nitrogens with zero attached hydrogens (tertiary/aromatic N) is 2. The monoisotopic (exact) mass is 347 g/mol. The number of halogens is 1. The Morgan fingerprint density at radius 1 is 1.38 bits per heavy atom. The third-order valence-corrected chi connectivity index (χ3v) is 4.66. The zero-order chi connectivity index (χ0) is 16.9. The molecule has 0 radical (unpaired) electrons. The van der Waals surface area contributed by atoms with Crippen molar-refractivity contribution in [1.82, 2.24) is 15.4 Å². The average molecular weight is 348 g/mol. The molecule has 0 atom stereocenters. The number of amides is 1. The number of piperidine rings is 1. The normalized spacial score (nSPS) is 15.7. The molecule has 128 valence electrons. The number of rotatable bonds is 5. The molecule has 1 N–H and O–H groups in total. The second kappa shape index (κ2) is 7.81. The van der Waals surface area contributed by atoms with Crippen molar-refractivity contribution in [3.05, 3.63) is 41.0 Å². The van der Waals surface area contributed by atoms with Crippen LogP contribution in [0.1, 0.15) is 30.3 Å². The van der Waals surface area contributed by atoms with Gasteiger partial charge in [0.25, 0.3) is 5.91 Å². The molecule has 1 amide bonds. The Bertz CT molecular complexity index is 693. The van der Waals surface area contributed by atoms with E-state index in [4.69, 9.17) is 16.1 Å². The van der Waals surface area contributed by atoms with Crippen LogP contribution in [0, 0.1) is 5.92 Å². The summed E-state index contributed by atoms with van der Waals surface area (Å²) in [5.41, 5.74) is 1.17. The van der Waals surface area contributed by atoms with Gasteiger partial charge in [0.15, 0.2) is 11.5 Å². The zero-order valence-corrected chi connectivity index (χ0v) is 14.6. The van der Waals surface area contributed by atoms with Crippen molar-refractivity contribution in [2.45, 2.75) is 19.8 Å². The van der Waals surface area contributed by atoms with E-state index in [2.05, 4.69) is 17.4 Å². The Balaban J connectivity index is 1.62. The summed E-state index contributed by atoms with van der Waals surface area (Å²) >= 11 is 5.99. The van der Waals surface area contributed by atoms with Crippen molar-refractivity contribution in [3.8, 4) is 11.3 Å². The molecule has 1 aliphatic rings. The quantitative estimate of drug-likeness (QED) is 0.899. The number of hydrogen-bond acceptors (Lipinski definition) is 4. The first kappa shape index (κ1) is 17.0. The topological polar surface area (TPSA) is 58.4 Å². The molecule has 1 aromatic heterocycles. The molecule has 0 spiro atoms. The summed E-state index contributed by atoms with van der Waals surface area (Å²) in [7, 11) is 0. The van der Waals surface area contributed by atoms with Gasteiger partial charge in [0.1, 0.15) is 0 Å². The highest BCUT2D eigenvalue weighted by atomic mass is 35.5. The van der Waals surface area contributed by atoms with E-state index in [1.165, 1.54) is 0 Å². The first-order valence-corrected chi connectivity index (χ1v) is 8.78. The summed E-state index contributed by atoms with van der Waals surface area (Å²) in [4.78, 5) is 14.5. The zero-order valence-electron chi connectivity index (χ0n) is 13.8. The van der Waals surface area contributed by atoms with Gasteiger partial charge in [0.2, 0.25) is 0 Å². The lowest BCUT2D eigenvalue weighted by molar-refractivity contribution is 0.0680. The Kier molecular flexibility index (Phi) is 5.53. The van der Waals surface area contributed by atoms with Gasteiger partial charge in [-0.2, -0.15) is 0 Å². The van der Waals surface area contributed by atoms with Gasteiger partial charge < -0.3 is 14.7 Å². The number of carbonyl (C=O) groups is 1. The molecule has 24 heavy (non-hydrogen) atoms. The maximum Gasteiger partial charge on any atom is 0.276 e. The number of nitrogens with one attached hydrogen (secondary N) is 1. The maximum atomic E-state index is 12.6. The number of aromatic nitrogens is 1. The smallest absolute Gasteiger partial charge is 0.276 e. The molecule has 5 nitrogen and oxygen atoms in total. The van der Waals surface area contributed by atoms with Gasteiger partial charge in [-0.05, 0) is 44.0 Å². The van der Waals surface area contributed by atoms with Gasteiger partial charge >= 0.3 is 0 Å². The number of benzene rings is 1. The van der Waals surface area contributed by atoms with Crippen LogP contribution < -0.4 is 5.32 Å². The first-order chi connectivity index (χ1) is 11.7. The molecule has 2 heterocycles. The minimum absolute atomic E-state index is 0.0612. The molecule has 1 aromatic carbocycles. The van der Waals surface area contributed by atoms with E-state index in [1.807, 2.05) is 17.0 Å². The van der Waals surface area contributed by atoms with E-state index in [-0.39, 0.29) is 5.91 Å². The van der Waals surface area contributed by atoms with Crippen molar-refractivity contribution in [2.24, 2.45) is 5.92 Å². The van der Waals surface area contributed by atoms with Gasteiger partial charge in [-0.15, -0.1) is 0 Å². The highest BCUT2D eigenvalue weighted by molar-refractivity contribution is 6.30. The molecule has 6 heteroatoms. The standard InChI is InChI=1S/C18H22ClN3O2/c1-2-20-12-13-6-8-22(9-7-13)18(23)16-11-17(24-21-16)14-4-3-5-15(19)10-14/h3-5,10-11,13,20H,2,6-9,12H2,1H3. The summed E-state index contributed by atoms with van der Waals surface area (Å²) in [5, 5.41) is 7.95. The third kappa shape index (κ3) is 3.97. The first-order valence-electron chi connectivity index (χ1n) is 8.40. The molecular formula is C18H22ClN3O2. The molecule has 0 bridgehead atoms. The molecular weight excluding hydrogens is 326 g/mol. The van der Waals surface area contributed by atoms with Crippen molar-refractivity contribution in [3.63, 3.8) is 0 Å². The fraction of sp³-hybridized carbons (Fsp3) is 0.444. The second-order valence-corrected chi connectivity index (χ2v) is 6.57. The minimum Gasteiger partial charge on any atom is -0.355 e. The molecule has 0 unspecified atom stereocenters. The molecule has 1 fully saturated rings. The Morgan fingerprint density at radius 2 is 2.17 bits per heavy atom. The Morgan fingerprint density at radius 3 is 2.88 bits per heavy atom. The highest BCUT2D eigenvalue weighted by Crippen LogP contribution is 2.25. The van der Waals surface area contributed by atoms with E-state index in [0.717, 1.165) is 44.6 Å². The van der Waals surface area contributed by atoms with Crippen LogP contribution >= 0.6 is 11.6 Å². The van der Waals surface area contributed by atoms with E-state index in [0.29, 0.717) is 22.4 Å². The van der Waals surface area contributed by atoms with Crippen LogP contribution in [-0.4, -0.2) is 42.1 Å². The predicted molar refractivity (Wildman–Crippen MR) is 94.1 cm³/mol. The van der Waals surface area contributed by atoms with Crippen LogP contribution in [-0.2, 0) is 0 Å². The van der Waals surface area contributed by atoms with Crippen molar-refractivity contribution >= 4 is 17.5 Å². The van der Waals surface area contributed by atoms with Crippen LogP contribution in [0.2, 0.25) is 5.02 Å². The lowest BCUT2D eigenvalue weighted by Gasteiger charge is -2.31. The van der Waals surface area contributed by atoms with E-state index < -0.39 is 0 Å². The van der Waals surface area contributed by atoms with Gasteiger partial charge in [0, 0.05) is 29.7 Å². The van der Waals surface area contributed by atoms with Crippen LogP contribution in [0.3, 0.4) is 0 Å². The van der Waals surface area contributed by atoms with Crippen LogP contribution in [0.5, 0.6) is 0 Å². The van der Waals surface area contributed by atoms with Gasteiger partial charge in [-0.25, -0.2) is 0 Å². The van der Waals surface area contributed by atoms with Crippen LogP contribution in [0.4, 0.5) is 0 Å². The van der Waals surface area contributed by atoms with Crippen molar-refractivity contribution < 1.29 is 9.32 Å². The number of carbonyl (C=O) groups excluding carboxylic acids is 1. The van der Waals surface area contributed by atoms with Crippen LogP contribution in [0.15, 0.2) is 34.9 Å². The predicted octanol–water partition coefficient (Wildman–Crippen LogP) is 3.46. The molecule has 0 saturated carbocycles. The van der Waals surface area contributed by atoms with Gasteiger partial charge in [0.05, 0.1) is 0 Å². The molecule has 3 rings (SSSR count). The Labute approximate surface area is 147 Å². The van der Waals surface area contributed by atoms with E-state index >= 15 is 0 Å². The molecule has 2 aromatic rings. The maximum absolute atomic E-state index is 12.6. The SMILES string of the molecule is CCNCC1CCN(C(=O)c2cc(-c3cccc(Cl)c3)on2)CC1. The fourth-order valence-electron chi connectivity index (χ4n) is 3.00. The highest BCUT2D eigenvalue weighted by Gasteiger charge is 2.25. The van der Waals surface area contributed by atoms with E-state index in [1.54, 1.807) is 18.2 Å². The number of hydrogen-bond donors (Lipinski definition) is 1. The van der Waals surface area contributed by atoms with Gasteiger partial charge in [-0.3, -0.25) is 4.79 Å². The lowest BCUT2D eigenvalue weighted by Crippen LogP contribution is -2.40. The summed E-state index contributed by atoms with van der Waals surface area (Å²) in [6, 6.07) is 9.01. The summed E-state index contributed by atoms with van der Waals surface area (Å²) in [5.74, 6) is 1.14. The molecule has 0 aliphatic carbocycles. The molecule has 1 aliphatic heterocycles. The minimum atomic E-state index is -0.0612. The largest absolute Gasteiger partial charge is 0.355 e.